The van der Waals surface area contributed by atoms with Crippen molar-refractivity contribution in [3.8, 4) is 0 Å². The van der Waals surface area contributed by atoms with Gasteiger partial charge in [0, 0.05) is 48.2 Å². The molecule has 3 atom stereocenters. The third-order valence-corrected chi connectivity index (χ3v) is 6.89. The van der Waals surface area contributed by atoms with Crippen molar-refractivity contribution < 1.29 is 14.6 Å². The average molecular weight is 390 g/mol. The fourth-order valence-corrected chi connectivity index (χ4v) is 5.57. The van der Waals surface area contributed by atoms with Gasteiger partial charge in [0.1, 0.15) is 0 Å². The van der Waals surface area contributed by atoms with E-state index < -0.39 is 5.60 Å². The van der Waals surface area contributed by atoms with Gasteiger partial charge in [-0.05, 0) is 49.7 Å². The van der Waals surface area contributed by atoms with Gasteiger partial charge in [-0.25, -0.2) is 0 Å². The van der Waals surface area contributed by atoms with Crippen LogP contribution in [-0.4, -0.2) is 52.4 Å². The van der Waals surface area contributed by atoms with E-state index in [9.17, 15) is 9.90 Å². The van der Waals surface area contributed by atoms with Crippen LogP contribution in [0.5, 0.6) is 0 Å². The molecule has 1 amide bonds. The van der Waals surface area contributed by atoms with Crippen molar-refractivity contribution in [3.63, 3.8) is 0 Å². The number of benzene rings is 1. The highest BCUT2D eigenvalue weighted by Gasteiger charge is 2.51. The van der Waals surface area contributed by atoms with Crippen molar-refractivity contribution >= 4 is 28.4 Å². The molecule has 3 heterocycles. The van der Waals surface area contributed by atoms with Gasteiger partial charge in [0.25, 0.3) is 0 Å². The maximum atomic E-state index is 12.8. The van der Waals surface area contributed by atoms with E-state index in [-0.39, 0.29) is 11.8 Å². The molecule has 2 aromatic rings. The molecule has 1 saturated carbocycles. The Morgan fingerprint density at radius 1 is 1.26 bits per heavy atom. The molecule has 0 bridgehead atoms. The number of ether oxygens (including phenoxy) is 1. The molecule has 1 unspecified atom stereocenters. The molecule has 7 heteroatoms. The van der Waals surface area contributed by atoms with Crippen molar-refractivity contribution in [2.75, 3.05) is 26.3 Å². The van der Waals surface area contributed by atoms with Crippen LogP contribution < -0.4 is 0 Å². The molecule has 1 aromatic heterocycles. The van der Waals surface area contributed by atoms with Gasteiger partial charge in [0.05, 0.1) is 17.3 Å². The standard InChI is InChI=1S/C20H24ClN3O3/c21-16-5-13-9-22-23-18(13)17(6-16)20(26)7-14-10-24(11-15(14)8-20)19(25)12-1-3-27-4-2-12/h5-6,9,12,14-15,26H,1-4,7-8,10-11H2,(H,22,23)/t14-,15+,20?. The summed E-state index contributed by atoms with van der Waals surface area (Å²) < 4.78 is 5.38. The second-order valence-electron chi connectivity index (χ2n) is 8.38. The van der Waals surface area contributed by atoms with E-state index >= 15 is 0 Å². The summed E-state index contributed by atoms with van der Waals surface area (Å²) in [5, 5.41) is 20.1. The maximum Gasteiger partial charge on any atom is 0.225 e. The lowest BCUT2D eigenvalue weighted by Crippen LogP contribution is -2.38. The summed E-state index contributed by atoms with van der Waals surface area (Å²) in [5.74, 6) is 1.04. The monoisotopic (exact) mass is 389 g/mol. The van der Waals surface area contributed by atoms with Gasteiger partial charge in [-0.1, -0.05) is 11.6 Å². The predicted molar refractivity (Wildman–Crippen MR) is 101 cm³/mol. The van der Waals surface area contributed by atoms with Crippen molar-refractivity contribution in [2.45, 2.75) is 31.3 Å². The molecule has 0 radical (unpaired) electrons. The van der Waals surface area contributed by atoms with Crippen LogP contribution >= 0.6 is 11.6 Å². The van der Waals surface area contributed by atoms with E-state index in [1.165, 1.54) is 0 Å². The van der Waals surface area contributed by atoms with Crippen LogP contribution in [0.4, 0.5) is 0 Å². The summed E-state index contributed by atoms with van der Waals surface area (Å²) in [6.45, 7) is 2.86. The Kier molecular flexibility index (Phi) is 4.18. The number of carbonyl (C=O) groups is 1. The summed E-state index contributed by atoms with van der Waals surface area (Å²) in [7, 11) is 0. The normalized spacial score (nSPS) is 31.6. The number of aliphatic hydroxyl groups is 1. The third-order valence-electron chi connectivity index (χ3n) is 6.67. The van der Waals surface area contributed by atoms with Crippen LogP contribution in [0.15, 0.2) is 18.3 Å². The second kappa shape index (κ2) is 6.47. The van der Waals surface area contributed by atoms with E-state index in [2.05, 4.69) is 10.2 Å². The molecule has 2 aliphatic heterocycles. The zero-order valence-corrected chi connectivity index (χ0v) is 15.9. The third kappa shape index (κ3) is 2.94. The molecule has 6 nitrogen and oxygen atoms in total. The van der Waals surface area contributed by atoms with Gasteiger partial charge >= 0.3 is 0 Å². The molecule has 1 aromatic carbocycles. The molecule has 3 fully saturated rings. The van der Waals surface area contributed by atoms with Crippen LogP contribution in [0.1, 0.15) is 31.2 Å². The topological polar surface area (TPSA) is 78.4 Å². The number of hydrogen-bond donors (Lipinski definition) is 2. The highest BCUT2D eigenvalue weighted by atomic mass is 35.5. The Balaban J connectivity index is 1.34. The molecule has 2 saturated heterocycles. The minimum absolute atomic E-state index is 0.106. The van der Waals surface area contributed by atoms with Gasteiger partial charge in [-0.15, -0.1) is 0 Å². The lowest BCUT2D eigenvalue weighted by atomic mass is 9.89. The fourth-order valence-electron chi connectivity index (χ4n) is 5.34. The number of hydrogen-bond acceptors (Lipinski definition) is 4. The first kappa shape index (κ1) is 17.5. The number of carbonyl (C=O) groups excluding carboxylic acids is 1. The van der Waals surface area contributed by atoms with Crippen LogP contribution in [-0.2, 0) is 15.1 Å². The first-order valence-corrected chi connectivity index (χ1v) is 10.1. The SMILES string of the molecule is O=C(C1CCOCC1)N1C[C@@H]2CC(O)(c3cc(Cl)cc4cn[nH]c34)C[C@@H]2C1. The molecule has 3 aliphatic rings. The van der Waals surface area contributed by atoms with E-state index in [0.29, 0.717) is 42.9 Å². The zero-order chi connectivity index (χ0) is 18.6. The van der Waals surface area contributed by atoms with Gasteiger partial charge < -0.3 is 14.7 Å². The lowest BCUT2D eigenvalue weighted by Gasteiger charge is -2.29. The molecule has 5 rings (SSSR count). The predicted octanol–water partition coefficient (Wildman–Crippen LogP) is 2.70. The van der Waals surface area contributed by atoms with Gasteiger partial charge in [-0.3, -0.25) is 9.89 Å². The Bertz CT molecular complexity index is 862. The number of nitrogens with zero attached hydrogens (tertiary/aromatic N) is 2. The smallest absolute Gasteiger partial charge is 0.225 e. The van der Waals surface area contributed by atoms with E-state index in [1.807, 2.05) is 17.0 Å². The molecule has 1 aliphatic carbocycles. The van der Waals surface area contributed by atoms with E-state index in [1.54, 1.807) is 6.20 Å². The largest absolute Gasteiger partial charge is 0.385 e. The van der Waals surface area contributed by atoms with Crippen molar-refractivity contribution in [1.29, 1.82) is 0 Å². The number of aromatic amines is 1. The Morgan fingerprint density at radius 2 is 1.96 bits per heavy atom. The number of rotatable bonds is 2. The lowest BCUT2D eigenvalue weighted by molar-refractivity contribution is -0.138. The van der Waals surface area contributed by atoms with Crippen molar-refractivity contribution in [1.82, 2.24) is 15.1 Å². The Labute approximate surface area is 162 Å². The number of aromatic nitrogens is 2. The molecular formula is C20H24ClN3O3. The van der Waals surface area contributed by atoms with E-state index in [0.717, 1.165) is 42.4 Å². The first-order chi connectivity index (χ1) is 13.0. The molecule has 144 valence electrons. The molecule has 2 N–H and O–H groups in total. The number of H-pyrrole nitrogens is 1. The summed E-state index contributed by atoms with van der Waals surface area (Å²) in [5.41, 5.74) is 0.773. The minimum atomic E-state index is -0.918. The van der Waals surface area contributed by atoms with Crippen LogP contribution in [0.25, 0.3) is 10.9 Å². The summed E-state index contributed by atoms with van der Waals surface area (Å²) in [6, 6.07) is 3.71. The second-order valence-corrected chi connectivity index (χ2v) is 8.81. The fraction of sp³-hybridized carbons (Fsp3) is 0.600. The summed E-state index contributed by atoms with van der Waals surface area (Å²) in [6.07, 6.45) is 4.70. The molecular weight excluding hydrogens is 366 g/mol. The Morgan fingerprint density at radius 3 is 2.67 bits per heavy atom. The van der Waals surface area contributed by atoms with Crippen molar-refractivity contribution in [3.05, 3.63) is 28.9 Å². The number of likely N-dealkylation sites (tertiary alicyclic amines) is 1. The number of amides is 1. The minimum Gasteiger partial charge on any atom is -0.385 e. The first-order valence-electron chi connectivity index (χ1n) is 9.75. The van der Waals surface area contributed by atoms with Crippen LogP contribution in [0.3, 0.4) is 0 Å². The highest BCUT2D eigenvalue weighted by Crippen LogP contribution is 2.50. The molecule has 27 heavy (non-hydrogen) atoms. The average Bonchev–Trinajstić information content (AvgIpc) is 3.34. The summed E-state index contributed by atoms with van der Waals surface area (Å²) in [4.78, 5) is 14.8. The van der Waals surface area contributed by atoms with Crippen LogP contribution in [0.2, 0.25) is 5.02 Å². The quantitative estimate of drug-likeness (QED) is 0.827. The van der Waals surface area contributed by atoms with Gasteiger partial charge in [0.15, 0.2) is 0 Å². The highest BCUT2D eigenvalue weighted by molar-refractivity contribution is 6.31. The number of halogens is 1. The van der Waals surface area contributed by atoms with Crippen LogP contribution in [0, 0.1) is 17.8 Å². The van der Waals surface area contributed by atoms with Gasteiger partial charge in [-0.2, -0.15) is 5.10 Å². The van der Waals surface area contributed by atoms with E-state index in [4.69, 9.17) is 16.3 Å². The number of nitrogens with one attached hydrogen (secondary N) is 1. The maximum absolute atomic E-state index is 12.8. The van der Waals surface area contributed by atoms with Crippen molar-refractivity contribution in [2.24, 2.45) is 17.8 Å². The number of fused-ring (bicyclic) bond motifs is 2. The zero-order valence-electron chi connectivity index (χ0n) is 15.2. The summed E-state index contributed by atoms with van der Waals surface area (Å²) >= 11 is 6.28. The molecule has 0 spiro atoms. The van der Waals surface area contributed by atoms with Gasteiger partial charge in [0.2, 0.25) is 5.91 Å². The Hall–Kier alpha value is -1.63.